The maximum atomic E-state index is 13.5. The second-order valence-electron chi connectivity index (χ2n) is 9.91. The van der Waals surface area contributed by atoms with Gasteiger partial charge in [-0.1, -0.05) is 12.1 Å². The van der Waals surface area contributed by atoms with E-state index in [1.54, 1.807) is 0 Å². The molecule has 1 saturated heterocycles. The lowest BCUT2D eigenvalue weighted by molar-refractivity contribution is 0.0635. The summed E-state index contributed by atoms with van der Waals surface area (Å²) >= 11 is 0. The maximum Gasteiger partial charge on any atom is 0.253 e. The van der Waals surface area contributed by atoms with Crippen molar-refractivity contribution < 1.29 is 4.79 Å². The standard InChI is InChI=1S/C29H28N6O/c1-32(2)25-4-3-12-33(19-25)29(36)22-9-10-26-24(14-22)18-34-17-23(21-7-5-20(16-30)6-8-21)15-27(34)28-31-11-13-35(26)28/h5-11,13-15,17,25H,3-4,12,18-19H2,1-2H3/t25-/m0/s1. The largest absolute Gasteiger partial charge is 0.340 e. The Morgan fingerprint density at radius 3 is 2.72 bits per heavy atom. The third kappa shape index (κ3) is 3.80. The van der Waals surface area contributed by atoms with Crippen LogP contribution in [0.1, 0.15) is 34.3 Å². The van der Waals surface area contributed by atoms with Gasteiger partial charge in [0.2, 0.25) is 0 Å². The van der Waals surface area contributed by atoms with E-state index in [-0.39, 0.29) is 5.91 Å². The average molecular weight is 477 g/mol. The highest BCUT2D eigenvalue weighted by Crippen LogP contribution is 2.34. The second kappa shape index (κ2) is 8.81. The molecule has 6 rings (SSSR count). The fraction of sp³-hybridized carbons (Fsp3) is 0.276. The Bertz CT molecular complexity index is 1490. The molecule has 2 aliphatic rings. The zero-order valence-electron chi connectivity index (χ0n) is 20.6. The number of amides is 1. The van der Waals surface area contributed by atoms with Crippen LogP contribution >= 0.6 is 0 Å². The van der Waals surface area contributed by atoms with Gasteiger partial charge in [0.25, 0.3) is 5.91 Å². The minimum Gasteiger partial charge on any atom is -0.340 e. The second-order valence-corrected chi connectivity index (χ2v) is 9.91. The Labute approximate surface area is 210 Å². The topological polar surface area (TPSA) is 70.1 Å². The van der Waals surface area contributed by atoms with Crippen molar-refractivity contribution in [1.29, 1.82) is 5.26 Å². The molecule has 4 aromatic rings. The molecule has 7 nitrogen and oxygen atoms in total. The van der Waals surface area contributed by atoms with Crippen LogP contribution in [-0.2, 0) is 6.54 Å². The van der Waals surface area contributed by atoms with Crippen molar-refractivity contribution in [2.45, 2.75) is 25.4 Å². The number of aromatic nitrogens is 3. The zero-order chi connectivity index (χ0) is 24.8. The number of likely N-dealkylation sites (tertiary alicyclic amines) is 1. The summed E-state index contributed by atoms with van der Waals surface area (Å²) in [6.45, 7) is 2.22. The molecule has 2 aliphatic heterocycles. The Morgan fingerprint density at radius 1 is 1.11 bits per heavy atom. The minimum absolute atomic E-state index is 0.102. The van der Waals surface area contributed by atoms with E-state index in [0.29, 0.717) is 18.2 Å². The number of likely N-dealkylation sites (N-methyl/N-ethyl adjacent to an activating group) is 1. The molecular formula is C29H28N6O. The molecule has 2 aromatic heterocycles. The first kappa shape index (κ1) is 22.3. The van der Waals surface area contributed by atoms with Gasteiger partial charge in [-0.05, 0) is 74.5 Å². The molecule has 2 aromatic carbocycles. The van der Waals surface area contributed by atoms with Gasteiger partial charge < -0.3 is 14.4 Å². The van der Waals surface area contributed by atoms with Gasteiger partial charge in [0, 0.05) is 55.4 Å². The van der Waals surface area contributed by atoms with Crippen molar-refractivity contribution in [3.63, 3.8) is 0 Å². The van der Waals surface area contributed by atoms with E-state index in [9.17, 15) is 4.79 Å². The van der Waals surface area contributed by atoms with E-state index in [0.717, 1.165) is 65.4 Å². The third-order valence-corrected chi connectivity index (χ3v) is 7.45. The van der Waals surface area contributed by atoms with Crippen LogP contribution in [0.25, 0.3) is 28.3 Å². The lowest BCUT2D eigenvalue weighted by Crippen LogP contribution is -2.47. The molecule has 7 heteroatoms. The molecule has 0 bridgehead atoms. The zero-order valence-corrected chi connectivity index (χ0v) is 20.6. The Hall–Kier alpha value is -4.15. The maximum absolute atomic E-state index is 13.5. The van der Waals surface area contributed by atoms with Gasteiger partial charge in [-0.3, -0.25) is 9.36 Å². The number of benzene rings is 2. The van der Waals surface area contributed by atoms with Gasteiger partial charge >= 0.3 is 0 Å². The SMILES string of the molecule is CN(C)[C@H]1CCCN(C(=O)c2ccc3c(c2)Cn2cc(-c4ccc(C#N)cc4)cc2-c2nccn2-3)C1. The van der Waals surface area contributed by atoms with Crippen LogP contribution in [0.3, 0.4) is 0 Å². The smallest absolute Gasteiger partial charge is 0.253 e. The van der Waals surface area contributed by atoms with Crippen LogP contribution in [0.2, 0.25) is 0 Å². The van der Waals surface area contributed by atoms with Crippen molar-refractivity contribution >= 4 is 5.91 Å². The Kier molecular flexibility index (Phi) is 5.46. The minimum atomic E-state index is 0.102. The number of hydrogen-bond acceptors (Lipinski definition) is 4. The molecule has 0 saturated carbocycles. The molecule has 180 valence electrons. The number of carbonyl (C=O) groups excluding carboxylic acids is 1. The van der Waals surface area contributed by atoms with E-state index in [1.165, 1.54) is 0 Å². The van der Waals surface area contributed by atoms with Crippen molar-refractivity contribution in [3.05, 3.63) is 83.8 Å². The Morgan fingerprint density at radius 2 is 1.94 bits per heavy atom. The summed E-state index contributed by atoms with van der Waals surface area (Å²) in [6, 6.07) is 18.4. The molecule has 4 heterocycles. The first-order valence-electron chi connectivity index (χ1n) is 12.4. The summed E-state index contributed by atoms with van der Waals surface area (Å²) in [5, 5.41) is 9.13. The summed E-state index contributed by atoms with van der Waals surface area (Å²) in [6.07, 6.45) is 8.08. The van der Waals surface area contributed by atoms with Crippen molar-refractivity contribution in [2.24, 2.45) is 0 Å². The number of piperidine rings is 1. The average Bonchev–Trinajstić information content (AvgIpc) is 3.53. The lowest BCUT2D eigenvalue weighted by atomic mass is 10.0. The molecule has 0 spiro atoms. The molecule has 0 aliphatic carbocycles. The Balaban J connectivity index is 1.36. The monoisotopic (exact) mass is 476 g/mol. The predicted octanol–water partition coefficient (Wildman–Crippen LogP) is 4.41. The van der Waals surface area contributed by atoms with Gasteiger partial charge in [-0.25, -0.2) is 4.98 Å². The fourth-order valence-corrected chi connectivity index (χ4v) is 5.42. The first-order chi connectivity index (χ1) is 17.5. The van der Waals surface area contributed by atoms with Crippen LogP contribution in [0.5, 0.6) is 0 Å². The number of nitriles is 1. The number of carbonyl (C=O) groups is 1. The predicted molar refractivity (Wildman–Crippen MR) is 139 cm³/mol. The van der Waals surface area contributed by atoms with Crippen LogP contribution in [0.4, 0.5) is 0 Å². The molecule has 0 radical (unpaired) electrons. The molecule has 36 heavy (non-hydrogen) atoms. The van der Waals surface area contributed by atoms with Gasteiger partial charge in [0.1, 0.15) is 0 Å². The van der Waals surface area contributed by atoms with E-state index < -0.39 is 0 Å². The van der Waals surface area contributed by atoms with E-state index in [1.807, 2.05) is 47.6 Å². The molecule has 1 atom stereocenters. The number of hydrogen-bond donors (Lipinski definition) is 0. The molecule has 0 N–H and O–H groups in total. The van der Waals surface area contributed by atoms with Crippen LogP contribution in [0, 0.1) is 11.3 Å². The highest BCUT2D eigenvalue weighted by molar-refractivity contribution is 5.95. The summed E-state index contributed by atoms with van der Waals surface area (Å²) in [5.74, 6) is 0.975. The van der Waals surface area contributed by atoms with Crippen molar-refractivity contribution in [1.82, 2.24) is 23.9 Å². The molecule has 0 unspecified atom stereocenters. The summed E-state index contributed by atoms with van der Waals surface area (Å²) in [4.78, 5) is 22.4. The van der Waals surface area contributed by atoms with Crippen molar-refractivity contribution in [2.75, 3.05) is 27.2 Å². The molecule has 1 amide bonds. The van der Waals surface area contributed by atoms with Crippen molar-refractivity contribution in [3.8, 4) is 34.4 Å². The van der Waals surface area contributed by atoms with E-state index in [2.05, 4.69) is 63.6 Å². The normalized spacial score (nSPS) is 16.6. The van der Waals surface area contributed by atoms with Crippen LogP contribution in [-0.4, -0.2) is 63.1 Å². The van der Waals surface area contributed by atoms with Gasteiger partial charge in [-0.15, -0.1) is 0 Å². The van der Waals surface area contributed by atoms with E-state index >= 15 is 0 Å². The number of rotatable bonds is 3. The molecule has 1 fully saturated rings. The van der Waals surface area contributed by atoms with Crippen LogP contribution < -0.4 is 0 Å². The first-order valence-corrected chi connectivity index (χ1v) is 12.4. The van der Waals surface area contributed by atoms with Gasteiger partial charge in [0.15, 0.2) is 5.82 Å². The number of imidazole rings is 1. The number of fused-ring (bicyclic) bond motifs is 5. The third-order valence-electron chi connectivity index (χ3n) is 7.45. The lowest BCUT2D eigenvalue weighted by Gasteiger charge is -2.36. The fourth-order valence-electron chi connectivity index (χ4n) is 5.42. The van der Waals surface area contributed by atoms with Gasteiger partial charge in [0.05, 0.1) is 23.0 Å². The van der Waals surface area contributed by atoms with Crippen LogP contribution in [0.15, 0.2) is 67.1 Å². The summed E-state index contributed by atoms with van der Waals surface area (Å²) in [7, 11) is 4.18. The highest BCUT2D eigenvalue weighted by Gasteiger charge is 2.27. The summed E-state index contributed by atoms with van der Waals surface area (Å²) < 4.78 is 4.31. The summed E-state index contributed by atoms with van der Waals surface area (Å²) in [5.41, 5.74) is 6.66. The van der Waals surface area contributed by atoms with Gasteiger partial charge in [-0.2, -0.15) is 5.26 Å². The highest BCUT2D eigenvalue weighted by atomic mass is 16.2. The number of nitrogens with zero attached hydrogens (tertiary/aromatic N) is 6. The van der Waals surface area contributed by atoms with E-state index in [4.69, 9.17) is 5.26 Å². The quantitative estimate of drug-likeness (QED) is 0.387. The molecular weight excluding hydrogens is 448 g/mol.